The Balaban J connectivity index is 1.78. The van der Waals surface area contributed by atoms with Gasteiger partial charge in [-0.25, -0.2) is 9.38 Å². The highest BCUT2D eigenvalue weighted by molar-refractivity contribution is 6.32. The van der Waals surface area contributed by atoms with Crippen LogP contribution in [0.15, 0.2) is 51.8 Å². The van der Waals surface area contributed by atoms with Crippen LogP contribution in [0.3, 0.4) is 0 Å². The van der Waals surface area contributed by atoms with Gasteiger partial charge in [-0.2, -0.15) is 0 Å². The molecule has 0 saturated carbocycles. The first-order chi connectivity index (χ1) is 12.1. The normalized spacial score (nSPS) is 19.5. The highest BCUT2D eigenvalue weighted by atomic mass is 35.5. The minimum Gasteiger partial charge on any atom is -0.460 e. The van der Waals surface area contributed by atoms with Crippen LogP contribution in [0.2, 0.25) is 0 Å². The Morgan fingerprint density at radius 2 is 2.16 bits per heavy atom. The van der Waals surface area contributed by atoms with Gasteiger partial charge >= 0.3 is 0 Å². The number of nitrogens with zero attached hydrogens (tertiary/aromatic N) is 2. The minimum atomic E-state index is -0.333. The van der Waals surface area contributed by atoms with E-state index in [9.17, 15) is 9.18 Å². The second-order valence-electron chi connectivity index (χ2n) is 5.59. The largest absolute Gasteiger partial charge is 0.460 e. The van der Waals surface area contributed by atoms with Gasteiger partial charge in [0.05, 0.1) is 23.4 Å². The van der Waals surface area contributed by atoms with Gasteiger partial charge in [0.25, 0.3) is 0 Å². The minimum absolute atomic E-state index is 0.126. The lowest BCUT2D eigenvalue weighted by atomic mass is 10.0. The topological polar surface area (TPSA) is 51.1 Å². The lowest BCUT2D eigenvalue weighted by Crippen LogP contribution is -2.40. The number of hydrogen-bond donors (Lipinski definition) is 0. The molecule has 5 nitrogen and oxygen atoms in total. The Hall–Kier alpha value is -2.18. The van der Waals surface area contributed by atoms with Crippen molar-refractivity contribution in [1.82, 2.24) is 4.90 Å². The van der Waals surface area contributed by atoms with Gasteiger partial charge < -0.3 is 14.4 Å². The quantitative estimate of drug-likeness (QED) is 0.550. The SMILES string of the molecule is CCOCCN1C(C=O)=NC2=CC(Cl)=C(Oc3ccc(F)cc3)CC21. The van der Waals surface area contributed by atoms with Gasteiger partial charge in [0, 0.05) is 19.6 Å². The molecule has 2 aliphatic rings. The molecule has 0 aromatic heterocycles. The summed E-state index contributed by atoms with van der Waals surface area (Å²) in [6.07, 6.45) is 2.91. The van der Waals surface area contributed by atoms with Crippen molar-refractivity contribution in [2.75, 3.05) is 19.8 Å². The highest BCUT2D eigenvalue weighted by Crippen LogP contribution is 2.35. The molecule has 0 fully saturated rings. The Bertz CT molecular complexity index is 743. The van der Waals surface area contributed by atoms with Crippen LogP contribution < -0.4 is 4.74 Å². The van der Waals surface area contributed by atoms with Gasteiger partial charge in [0.1, 0.15) is 17.3 Å². The number of fused-ring (bicyclic) bond motifs is 1. The number of amidine groups is 1. The van der Waals surface area contributed by atoms with E-state index in [0.717, 1.165) is 12.0 Å². The summed E-state index contributed by atoms with van der Waals surface area (Å²) in [5, 5.41) is 0.427. The number of rotatable bonds is 7. The number of aliphatic imine (C=N–C) groups is 1. The number of carbonyl (C=O) groups excluding carboxylic acids is 1. The second kappa shape index (κ2) is 7.80. The fourth-order valence-electron chi connectivity index (χ4n) is 2.82. The molecule has 1 aromatic rings. The first-order valence-corrected chi connectivity index (χ1v) is 8.42. The van der Waals surface area contributed by atoms with E-state index in [0.29, 0.717) is 48.6 Å². The third-order valence-electron chi connectivity index (χ3n) is 4.02. The van der Waals surface area contributed by atoms with Gasteiger partial charge in [0.15, 0.2) is 12.1 Å². The average Bonchev–Trinajstić information content (AvgIpc) is 2.94. The summed E-state index contributed by atoms with van der Waals surface area (Å²) in [6.45, 7) is 3.58. The third kappa shape index (κ3) is 3.91. The standard InChI is InChI=1S/C18H18ClFN2O3/c1-2-24-8-7-22-16-10-17(25-13-5-3-12(20)4-6-13)14(19)9-15(16)21-18(22)11-23/h3-6,9,11,16H,2,7-8,10H2,1H3. The van der Waals surface area contributed by atoms with Crippen molar-refractivity contribution in [2.45, 2.75) is 19.4 Å². The number of allylic oxidation sites excluding steroid dienone is 2. The molecule has 0 saturated heterocycles. The first kappa shape index (κ1) is 17.6. The number of aldehydes is 1. The molecule has 1 aliphatic heterocycles. The van der Waals surface area contributed by atoms with Crippen molar-refractivity contribution in [1.29, 1.82) is 0 Å². The van der Waals surface area contributed by atoms with Gasteiger partial charge in [-0.1, -0.05) is 11.6 Å². The Labute approximate surface area is 150 Å². The van der Waals surface area contributed by atoms with Gasteiger partial charge in [-0.15, -0.1) is 0 Å². The molecule has 25 heavy (non-hydrogen) atoms. The van der Waals surface area contributed by atoms with Crippen LogP contribution in [0, 0.1) is 5.82 Å². The number of carbonyl (C=O) groups is 1. The zero-order valence-corrected chi connectivity index (χ0v) is 14.5. The van der Waals surface area contributed by atoms with Crippen LogP contribution in [0.25, 0.3) is 0 Å². The van der Waals surface area contributed by atoms with E-state index in [1.807, 2.05) is 11.8 Å². The molecule has 3 rings (SSSR count). The van der Waals surface area contributed by atoms with E-state index >= 15 is 0 Å². The zero-order chi connectivity index (χ0) is 17.8. The maximum atomic E-state index is 13.0. The molecule has 0 N–H and O–H groups in total. The van der Waals surface area contributed by atoms with Gasteiger partial charge in [0.2, 0.25) is 0 Å². The Morgan fingerprint density at radius 3 is 2.84 bits per heavy atom. The fourth-order valence-corrected chi connectivity index (χ4v) is 3.05. The number of halogens is 2. The predicted octanol–water partition coefficient (Wildman–Crippen LogP) is 3.26. The summed E-state index contributed by atoms with van der Waals surface area (Å²) >= 11 is 6.30. The monoisotopic (exact) mass is 364 g/mol. The van der Waals surface area contributed by atoms with E-state index in [2.05, 4.69) is 4.99 Å². The van der Waals surface area contributed by atoms with E-state index in [1.54, 1.807) is 18.2 Å². The van der Waals surface area contributed by atoms with Crippen molar-refractivity contribution in [3.8, 4) is 5.75 Å². The van der Waals surface area contributed by atoms with E-state index < -0.39 is 0 Å². The third-order valence-corrected chi connectivity index (χ3v) is 4.34. The molecule has 0 bridgehead atoms. The van der Waals surface area contributed by atoms with Crippen LogP contribution >= 0.6 is 11.6 Å². The molecular weight excluding hydrogens is 347 g/mol. The molecule has 0 spiro atoms. The Morgan fingerprint density at radius 1 is 1.40 bits per heavy atom. The molecule has 1 unspecified atom stereocenters. The summed E-state index contributed by atoms with van der Waals surface area (Å²) < 4.78 is 24.2. The molecule has 132 valence electrons. The smallest absolute Gasteiger partial charge is 0.185 e. The van der Waals surface area contributed by atoms with Crippen molar-refractivity contribution in [2.24, 2.45) is 4.99 Å². The second-order valence-corrected chi connectivity index (χ2v) is 6.00. The molecule has 1 aromatic carbocycles. The lowest BCUT2D eigenvalue weighted by Gasteiger charge is -2.29. The van der Waals surface area contributed by atoms with E-state index in [1.165, 1.54) is 12.1 Å². The maximum Gasteiger partial charge on any atom is 0.185 e. The molecule has 0 amide bonds. The van der Waals surface area contributed by atoms with Gasteiger partial charge in [-0.05, 0) is 37.3 Å². The van der Waals surface area contributed by atoms with Crippen molar-refractivity contribution < 1.29 is 18.7 Å². The Kier molecular flexibility index (Phi) is 5.50. The van der Waals surface area contributed by atoms with Crippen LogP contribution in [0.5, 0.6) is 5.75 Å². The highest BCUT2D eigenvalue weighted by Gasteiger charge is 2.36. The van der Waals surface area contributed by atoms with Crippen LogP contribution in [0.1, 0.15) is 13.3 Å². The molecule has 0 radical (unpaired) electrons. The summed E-state index contributed by atoms with van der Waals surface area (Å²) in [4.78, 5) is 17.6. The van der Waals surface area contributed by atoms with Crippen LogP contribution in [-0.2, 0) is 9.53 Å². The first-order valence-electron chi connectivity index (χ1n) is 8.04. The number of ether oxygens (including phenoxy) is 2. The van der Waals surface area contributed by atoms with Crippen LogP contribution in [-0.4, -0.2) is 42.8 Å². The molecule has 1 atom stereocenters. The fraction of sp³-hybridized carbons (Fsp3) is 0.333. The molecule has 1 aliphatic carbocycles. The summed E-state index contributed by atoms with van der Waals surface area (Å²) in [7, 11) is 0. The predicted molar refractivity (Wildman–Crippen MR) is 93.1 cm³/mol. The van der Waals surface area contributed by atoms with E-state index in [4.69, 9.17) is 21.1 Å². The molecule has 7 heteroatoms. The molecular formula is C18H18ClFN2O3. The molecule has 1 heterocycles. The zero-order valence-electron chi connectivity index (χ0n) is 13.7. The van der Waals surface area contributed by atoms with Crippen LogP contribution in [0.4, 0.5) is 4.39 Å². The summed E-state index contributed by atoms with van der Waals surface area (Å²) in [5.74, 6) is 1.09. The summed E-state index contributed by atoms with van der Waals surface area (Å²) in [6, 6.07) is 5.61. The average molecular weight is 365 g/mol. The summed E-state index contributed by atoms with van der Waals surface area (Å²) in [5.41, 5.74) is 0.732. The van der Waals surface area contributed by atoms with E-state index in [-0.39, 0.29) is 11.9 Å². The van der Waals surface area contributed by atoms with Crippen molar-refractivity contribution in [3.63, 3.8) is 0 Å². The van der Waals surface area contributed by atoms with Crippen molar-refractivity contribution >= 4 is 23.7 Å². The number of benzene rings is 1. The van der Waals surface area contributed by atoms with Gasteiger partial charge in [-0.3, -0.25) is 4.79 Å². The lowest BCUT2D eigenvalue weighted by molar-refractivity contribution is -0.103. The number of hydrogen-bond acceptors (Lipinski definition) is 5. The van der Waals surface area contributed by atoms with Crippen molar-refractivity contribution in [3.05, 3.63) is 52.6 Å². The maximum absolute atomic E-state index is 13.0.